The van der Waals surface area contributed by atoms with Gasteiger partial charge in [-0.25, -0.2) is 9.59 Å². The molecule has 0 atom stereocenters. The molecule has 0 aliphatic carbocycles. The molecule has 0 aliphatic heterocycles. The van der Waals surface area contributed by atoms with Gasteiger partial charge in [0.1, 0.15) is 0 Å². The van der Waals surface area contributed by atoms with Gasteiger partial charge in [0.25, 0.3) is 0 Å². The molecular weight excluding hydrogens is 477 g/mol. The molecule has 4 amide bonds. The summed E-state index contributed by atoms with van der Waals surface area (Å²) in [7, 11) is 0. The lowest BCUT2D eigenvalue weighted by Gasteiger charge is -2.08. The topological polar surface area (TPSA) is 118 Å². The highest BCUT2D eigenvalue weighted by atomic mass is 32.2. The summed E-state index contributed by atoms with van der Waals surface area (Å²) in [4.78, 5) is 23.4. The molecule has 2 heterocycles. The number of carbonyl (C=O) groups excluding carboxylic acids is 2. The SMILES string of the molecule is O=C(NCCCNC(=O)NSCCSCn1cccn1)NSCCSCn1cccn1. The van der Waals surface area contributed by atoms with Crippen LogP contribution < -0.4 is 20.1 Å². The maximum Gasteiger partial charge on any atom is 0.324 e. The van der Waals surface area contributed by atoms with Crippen LogP contribution in [-0.4, -0.2) is 67.7 Å². The minimum Gasteiger partial charge on any atom is -0.337 e. The second-order valence-corrected chi connectivity index (χ2v) is 9.88. The van der Waals surface area contributed by atoms with Gasteiger partial charge in [0.05, 0.1) is 11.8 Å². The van der Waals surface area contributed by atoms with Gasteiger partial charge < -0.3 is 10.6 Å². The Balaban J connectivity index is 1.30. The first-order chi connectivity index (χ1) is 15.2. The van der Waals surface area contributed by atoms with E-state index in [0.29, 0.717) is 19.5 Å². The van der Waals surface area contributed by atoms with Gasteiger partial charge in [-0.1, -0.05) is 0 Å². The van der Waals surface area contributed by atoms with E-state index in [9.17, 15) is 9.59 Å². The number of hydrogen-bond acceptors (Lipinski definition) is 8. The van der Waals surface area contributed by atoms with Crippen LogP contribution in [0.2, 0.25) is 0 Å². The number of hydrogen-bond donors (Lipinski definition) is 4. The fourth-order valence-electron chi connectivity index (χ4n) is 2.07. The van der Waals surface area contributed by atoms with Crippen molar-refractivity contribution < 1.29 is 9.59 Å². The van der Waals surface area contributed by atoms with Gasteiger partial charge in [-0.3, -0.25) is 18.8 Å². The van der Waals surface area contributed by atoms with E-state index in [1.807, 2.05) is 33.9 Å². The molecular formula is C17H28N8O2S4. The van der Waals surface area contributed by atoms with Crippen LogP contribution in [0.5, 0.6) is 0 Å². The molecule has 2 rings (SSSR count). The van der Waals surface area contributed by atoms with Crippen LogP contribution in [0.25, 0.3) is 0 Å². The van der Waals surface area contributed by atoms with Crippen molar-refractivity contribution in [2.24, 2.45) is 0 Å². The maximum atomic E-state index is 11.7. The average Bonchev–Trinajstić information content (AvgIpc) is 3.47. The van der Waals surface area contributed by atoms with E-state index in [4.69, 9.17) is 0 Å². The Morgan fingerprint density at radius 2 is 1.23 bits per heavy atom. The second-order valence-electron chi connectivity index (χ2n) is 5.93. The molecule has 31 heavy (non-hydrogen) atoms. The molecule has 0 radical (unpaired) electrons. The van der Waals surface area contributed by atoms with Crippen molar-refractivity contribution >= 4 is 59.5 Å². The first-order valence-corrected chi connectivity index (χ1v) is 13.9. The van der Waals surface area contributed by atoms with Gasteiger partial charge in [-0.2, -0.15) is 10.2 Å². The van der Waals surface area contributed by atoms with E-state index < -0.39 is 0 Å². The third-order valence-corrected chi connectivity index (χ3v) is 7.35. The molecule has 0 bridgehead atoms. The van der Waals surface area contributed by atoms with Crippen molar-refractivity contribution in [3.8, 4) is 0 Å². The van der Waals surface area contributed by atoms with Gasteiger partial charge in [-0.15, -0.1) is 23.5 Å². The number of urea groups is 2. The zero-order valence-electron chi connectivity index (χ0n) is 17.1. The molecule has 0 aromatic carbocycles. The third-order valence-electron chi connectivity index (χ3n) is 3.48. The van der Waals surface area contributed by atoms with Crippen LogP contribution in [0.4, 0.5) is 9.59 Å². The van der Waals surface area contributed by atoms with E-state index in [1.54, 1.807) is 35.9 Å². The first-order valence-electron chi connectivity index (χ1n) is 9.65. The molecule has 4 N–H and O–H groups in total. The van der Waals surface area contributed by atoms with E-state index in [1.165, 1.54) is 23.9 Å². The normalized spacial score (nSPS) is 10.6. The summed E-state index contributed by atoms with van der Waals surface area (Å²) >= 11 is 6.27. The largest absolute Gasteiger partial charge is 0.337 e. The highest BCUT2D eigenvalue weighted by Crippen LogP contribution is 2.07. The number of rotatable bonds is 16. The zero-order valence-corrected chi connectivity index (χ0v) is 20.3. The first kappa shape index (κ1) is 25.6. The monoisotopic (exact) mass is 504 g/mol. The van der Waals surface area contributed by atoms with Crippen LogP contribution in [0.15, 0.2) is 36.9 Å². The van der Waals surface area contributed by atoms with Gasteiger partial charge in [0, 0.05) is 60.9 Å². The summed E-state index contributed by atoms with van der Waals surface area (Å²) in [6.07, 6.45) is 8.03. The Bertz CT molecular complexity index is 658. The molecule has 172 valence electrons. The zero-order chi connectivity index (χ0) is 22.0. The number of thioether (sulfide) groups is 2. The Kier molecular flexibility index (Phi) is 14.0. The molecule has 0 fully saturated rings. The quantitative estimate of drug-likeness (QED) is 0.203. The summed E-state index contributed by atoms with van der Waals surface area (Å²) in [6.45, 7) is 0.996. The summed E-state index contributed by atoms with van der Waals surface area (Å²) < 4.78 is 9.23. The van der Waals surface area contributed by atoms with Crippen molar-refractivity contribution in [2.75, 3.05) is 36.1 Å². The lowest BCUT2D eigenvalue weighted by Crippen LogP contribution is -2.36. The predicted octanol–water partition coefficient (Wildman–Crippen LogP) is 2.45. The van der Waals surface area contributed by atoms with Gasteiger partial charge >= 0.3 is 12.1 Å². The van der Waals surface area contributed by atoms with Gasteiger partial charge in [0.15, 0.2) is 0 Å². The molecule has 0 saturated heterocycles. The van der Waals surface area contributed by atoms with E-state index in [-0.39, 0.29) is 12.1 Å². The van der Waals surface area contributed by atoms with Crippen molar-refractivity contribution in [3.63, 3.8) is 0 Å². The fraction of sp³-hybridized carbons (Fsp3) is 0.529. The third kappa shape index (κ3) is 13.4. The van der Waals surface area contributed by atoms with Crippen LogP contribution in [-0.2, 0) is 11.8 Å². The summed E-state index contributed by atoms with van der Waals surface area (Å²) in [5, 5.41) is 13.8. The number of aromatic nitrogens is 4. The number of amides is 4. The highest BCUT2D eigenvalue weighted by molar-refractivity contribution is 8.02. The van der Waals surface area contributed by atoms with Crippen LogP contribution in [0.1, 0.15) is 6.42 Å². The maximum absolute atomic E-state index is 11.7. The summed E-state index contributed by atoms with van der Waals surface area (Å²) in [5.74, 6) is 5.10. The molecule has 2 aromatic heterocycles. The molecule has 0 aliphatic rings. The number of carbonyl (C=O) groups is 2. The lowest BCUT2D eigenvalue weighted by molar-refractivity contribution is 0.245. The van der Waals surface area contributed by atoms with Crippen LogP contribution >= 0.6 is 47.4 Å². The molecule has 2 aromatic rings. The Morgan fingerprint density at radius 1 is 0.742 bits per heavy atom. The Hall–Kier alpha value is -1.64. The van der Waals surface area contributed by atoms with Crippen LogP contribution in [0, 0.1) is 0 Å². The lowest BCUT2D eigenvalue weighted by atomic mass is 10.4. The molecule has 0 unspecified atom stereocenters. The smallest absolute Gasteiger partial charge is 0.324 e. The van der Waals surface area contributed by atoms with Crippen molar-refractivity contribution in [2.45, 2.75) is 18.2 Å². The van der Waals surface area contributed by atoms with Gasteiger partial charge in [-0.05, 0) is 42.4 Å². The Morgan fingerprint density at radius 3 is 1.65 bits per heavy atom. The summed E-state index contributed by atoms with van der Waals surface area (Å²) in [5.41, 5.74) is 0. The highest BCUT2D eigenvalue weighted by Gasteiger charge is 2.02. The van der Waals surface area contributed by atoms with Gasteiger partial charge in [0.2, 0.25) is 0 Å². The number of nitrogens with zero attached hydrogens (tertiary/aromatic N) is 4. The average molecular weight is 505 g/mol. The second kappa shape index (κ2) is 17.0. The Labute approximate surface area is 199 Å². The van der Waals surface area contributed by atoms with E-state index in [2.05, 4.69) is 30.3 Å². The standard InChI is InChI=1S/C17H28N8O2S4/c26-16(22-30-12-10-28-14-24-8-2-6-20-24)18-4-1-5-19-17(27)23-31-13-11-29-15-25-9-3-7-21-25/h2-3,6-9H,1,4-5,10-15H2,(H2,18,22,26)(H2,19,23,27). The fourth-order valence-corrected chi connectivity index (χ4v) is 5.23. The molecule has 10 nitrogen and oxygen atoms in total. The van der Waals surface area contributed by atoms with E-state index >= 15 is 0 Å². The number of nitrogens with one attached hydrogen (secondary N) is 4. The predicted molar refractivity (Wildman–Crippen MR) is 132 cm³/mol. The minimum atomic E-state index is -0.213. The van der Waals surface area contributed by atoms with Crippen LogP contribution in [0.3, 0.4) is 0 Å². The van der Waals surface area contributed by atoms with Crippen molar-refractivity contribution in [1.82, 2.24) is 39.6 Å². The minimum absolute atomic E-state index is 0.213. The molecule has 0 saturated carbocycles. The van der Waals surface area contributed by atoms with Crippen molar-refractivity contribution in [3.05, 3.63) is 36.9 Å². The van der Waals surface area contributed by atoms with Crippen molar-refractivity contribution in [1.29, 1.82) is 0 Å². The summed E-state index contributed by atoms with van der Waals surface area (Å²) in [6, 6.07) is 3.37. The molecule has 14 heteroatoms. The van der Waals surface area contributed by atoms with E-state index in [0.717, 1.165) is 34.8 Å². The molecule has 0 spiro atoms.